The Kier molecular flexibility index (Phi) is 5.96. The van der Waals surface area contributed by atoms with Gasteiger partial charge in [-0.2, -0.15) is 4.98 Å². The number of rotatable bonds is 6. The van der Waals surface area contributed by atoms with Crippen LogP contribution in [0.5, 0.6) is 5.75 Å². The van der Waals surface area contributed by atoms with Gasteiger partial charge in [0.2, 0.25) is 5.95 Å². The smallest absolute Gasteiger partial charge is 0.337 e. The molecule has 0 aliphatic heterocycles. The monoisotopic (exact) mass is 398 g/mol. The van der Waals surface area contributed by atoms with Gasteiger partial charge in [-0.15, -0.1) is 0 Å². The second kappa shape index (κ2) is 8.58. The average molecular weight is 399 g/mol. The zero-order valence-electron chi connectivity index (χ0n) is 15.6. The van der Waals surface area contributed by atoms with E-state index in [0.29, 0.717) is 33.8 Å². The maximum Gasteiger partial charge on any atom is 0.337 e. The van der Waals surface area contributed by atoms with E-state index >= 15 is 0 Å². The quantitative estimate of drug-likeness (QED) is 0.581. The summed E-state index contributed by atoms with van der Waals surface area (Å²) < 4.78 is 10.1. The number of hydrogen-bond acceptors (Lipinski definition) is 7. The predicted molar refractivity (Wildman–Crippen MR) is 109 cm³/mol. The number of benzene rings is 2. The summed E-state index contributed by atoms with van der Waals surface area (Å²) in [5, 5.41) is 6.93. The highest BCUT2D eigenvalue weighted by Gasteiger charge is 2.09. The first-order valence-electron chi connectivity index (χ1n) is 8.39. The molecule has 1 aromatic heterocycles. The molecule has 3 aromatic rings. The minimum atomic E-state index is -0.382. The molecule has 2 aromatic carbocycles. The number of methoxy groups -OCH3 is 2. The molecule has 0 amide bonds. The van der Waals surface area contributed by atoms with Crippen LogP contribution in [0.3, 0.4) is 0 Å². The average Bonchev–Trinajstić information content (AvgIpc) is 2.71. The Balaban J connectivity index is 1.78. The molecule has 0 spiro atoms. The number of aromatic nitrogens is 2. The Morgan fingerprint density at radius 1 is 1.07 bits per heavy atom. The van der Waals surface area contributed by atoms with Crippen LogP contribution in [-0.2, 0) is 4.74 Å². The third-order valence-electron chi connectivity index (χ3n) is 3.96. The molecule has 3 rings (SSSR count). The first kappa shape index (κ1) is 19.4. The van der Waals surface area contributed by atoms with Crippen LogP contribution in [0.2, 0.25) is 5.02 Å². The highest BCUT2D eigenvalue weighted by Crippen LogP contribution is 2.32. The van der Waals surface area contributed by atoms with Crippen molar-refractivity contribution >= 4 is 40.7 Å². The van der Waals surface area contributed by atoms with Crippen molar-refractivity contribution in [2.24, 2.45) is 0 Å². The molecular weight excluding hydrogens is 380 g/mol. The van der Waals surface area contributed by atoms with Crippen molar-refractivity contribution in [1.29, 1.82) is 0 Å². The van der Waals surface area contributed by atoms with Gasteiger partial charge in [-0.3, -0.25) is 0 Å². The lowest BCUT2D eigenvalue weighted by molar-refractivity contribution is 0.0601. The van der Waals surface area contributed by atoms with Crippen LogP contribution in [0, 0.1) is 6.92 Å². The number of hydrogen-bond donors (Lipinski definition) is 2. The highest BCUT2D eigenvalue weighted by atomic mass is 35.5. The van der Waals surface area contributed by atoms with E-state index in [9.17, 15) is 4.79 Å². The van der Waals surface area contributed by atoms with Crippen LogP contribution in [-0.4, -0.2) is 30.2 Å². The number of carbonyl (C=O) groups is 1. The van der Waals surface area contributed by atoms with Crippen molar-refractivity contribution in [3.63, 3.8) is 0 Å². The minimum Gasteiger partial charge on any atom is -0.495 e. The van der Waals surface area contributed by atoms with Gasteiger partial charge in [-0.05, 0) is 48.9 Å². The van der Waals surface area contributed by atoms with Crippen LogP contribution in [0.25, 0.3) is 0 Å². The van der Waals surface area contributed by atoms with Gasteiger partial charge in [0.1, 0.15) is 11.6 Å². The van der Waals surface area contributed by atoms with E-state index in [1.165, 1.54) is 7.11 Å². The number of ether oxygens (including phenoxy) is 2. The number of nitrogens with zero attached hydrogens (tertiary/aromatic N) is 2. The third-order valence-corrected chi connectivity index (χ3v) is 4.37. The fourth-order valence-corrected chi connectivity index (χ4v) is 2.65. The molecule has 0 radical (unpaired) electrons. The van der Waals surface area contributed by atoms with Crippen LogP contribution in [0.4, 0.5) is 23.1 Å². The van der Waals surface area contributed by atoms with Crippen LogP contribution >= 0.6 is 11.6 Å². The van der Waals surface area contributed by atoms with Crippen molar-refractivity contribution in [2.75, 3.05) is 24.9 Å². The zero-order chi connectivity index (χ0) is 20.1. The lowest BCUT2D eigenvalue weighted by Crippen LogP contribution is -2.03. The summed E-state index contributed by atoms with van der Waals surface area (Å²) in [7, 11) is 2.92. The van der Waals surface area contributed by atoms with Gasteiger partial charge in [0, 0.05) is 23.0 Å². The second-order valence-electron chi connectivity index (χ2n) is 5.89. The van der Waals surface area contributed by atoms with Gasteiger partial charge in [-0.25, -0.2) is 9.78 Å². The van der Waals surface area contributed by atoms with Gasteiger partial charge in [0.25, 0.3) is 0 Å². The summed E-state index contributed by atoms with van der Waals surface area (Å²) in [6, 6.07) is 12.2. The lowest BCUT2D eigenvalue weighted by Gasteiger charge is -2.13. The number of nitrogens with one attached hydrogen (secondary N) is 2. The summed E-state index contributed by atoms with van der Waals surface area (Å²) >= 11 is 6.15. The maximum absolute atomic E-state index is 11.5. The van der Waals surface area contributed by atoms with Gasteiger partial charge < -0.3 is 20.1 Å². The summed E-state index contributed by atoms with van der Waals surface area (Å²) in [6.07, 6.45) is 1.63. The van der Waals surface area contributed by atoms with E-state index in [4.69, 9.17) is 21.1 Å². The normalized spacial score (nSPS) is 10.3. The summed E-state index contributed by atoms with van der Waals surface area (Å²) in [5.41, 5.74) is 2.87. The van der Waals surface area contributed by atoms with Crippen LogP contribution in [0.1, 0.15) is 15.9 Å². The molecule has 144 valence electrons. The summed E-state index contributed by atoms with van der Waals surface area (Å²) in [5.74, 6) is 1.20. The molecule has 0 fully saturated rings. The minimum absolute atomic E-state index is 0.382. The predicted octanol–water partition coefficient (Wildman–Crippen LogP) is 4.72. The van der Waals surface area contributed by atoms with E-state index in [1.54, 1.807) is 49.7 Å². The van der Waals surface area contributed by atoms with Gasteiger partial charge in [0.15, 0.2) is 0 Å². The third kappa shape index (κ3) is 4.50. The van der Waals surface area contributed by atoms with Crippen molar-refractivity contribution in [3.8, 4) is 5.75 Å². The molecule has 0 aliphatic rings. The molecular formula is C20H19ClN4O3. The molecule has 0 unspecified atom stereocenters. The molecule has 0 atom stereocenters. The molecule has 0 bridgehead atoms. The number of aryl methyl sites for hydroxylation is 1. The van der Waals surface area contributed by atoms with Gasteiger partial charge in [-0.1, -0.05) is 11.6 Å². The fourth-order valence-electron chi connectivity index (χ4n) is 2.49. The first-order chi connectivity index (χ1) is 13.5. The van der Waals surface area contributed by atoms with E-state index in [2.05, 4.69) is 20.6 Å². The highest BCUT2D eigenvalue weighted by molar-refractivity contribution is 6.31. The van der Waals surface area contributed by atoms with E-state index in [-0.39, 0.29) is 5.97 Å². The molecule has 0 saturated heterocycles. The number of carbonyl (C=O) groups excluding carboxylic acids is 1. The molecule has 2 N–H and O–H groups in total. The van der Waals surface area contributed by atoms with Crippen LogP contribution < -0.4 is 15.4 Å². The zero-order valence-corrected chi connectivity index (χ0v) is 16.4. The summed E-state index contributed by atoms with van der Waals surface area (Å²) in [4.78, 5) is 20.2. The fraction of sp³-hybridized carbons (Fsp3) is 0.150. The van der Waals surface area contributed by atoms with Crippen molar-refractivity contribution in [3.05, 3.63) is 64.8 Å². The number of esters is 1. The Morgan fingerprint density at radius 3 is 2.50 bits per heavy atom. The van der Waals surface area contributed by atoms with E-state index in [0.717, 1.165) is 11.3 Å². The van der Waals surface area contributed by atoms with Crippen LogP contribution in [0.15, 0.2) is 48.7 Å². The molecule has 0 aliphatic carbocycles. The maximum atomic E-state index is 11.5. The SMILES string of the molecule is COC(=O)c1ccc(Nc2ccnc(Nc3cc(C)c(Cl)cc3OC)n2)cc1. The largest absolute Gasteiger partial charge is 0.495 e. The topological polar surface area (TPSA) is 85.4 Å². The Bertz CT molecular complexity index is 993. The summed E-state index contributed by atoms with van der Waals surface area (Å²) in [6.45, 7) is 1.91. The van der Waals surface area contributed by atoms with Crippen molar-refractivity contribution in [2.45, 2.75) is 6.92 Å². The van der Waals surface area contributed by atoms with E-state index < -0.39 is 0 Å². The van der Waals surface area contributed by atoms with Gasteiger partial charge in [0.05, 0.1) is 25.5 Å². The number of anilines is 4. The Labute approximate surface area is 167 Å². The van der Waals surface area contributed by atoms with Gasteiger partial charge >= 0.3 is 5.97 Å². The number of halogens is 1. The molecule has 1 heterocycles. The van der Waals surface area contributed by atoms with Crippen molar-refractivity contribution < 1.29 is 14.3 Å². The Hall–Kier alpha value is -3.32. The lowest BCUT2D eigenvalue weighted by atomic mass is 10.2. The first-order valence-corrected chi connectivity index (χ1v) is 8.77. The molecule has 7 nitrogen and oxygen atoms in total. The molecule has 28 heavy (non-hydrogen) atoms. The second-order valence-corrected chi connectivity index (χ2v) is 6.29. The standard InChI is InChI=1S/C20H19ClN4O3/c1-12-10-16(17(27-2)11-15(12)21)24-20-22-9-8-18(25-20)23-14-6-4-13(5-7-14)19(26)28-3/h4-11H,1-3H3,(H2,22,23,24,25). The molecule has 8 heteroatoms. The Morgan fingerprint density at radius 2 is 1.82 bits per heavy atom. The van der Waals surface area contributed by atoms with E-state index in [1.807, 2.05) is 13.0 Å². The van der Waals surface area contributed by atoms with Crippen molar-refractivity contribution in [1.82, 2.24) is 9.97 Å². The molecule has 0 saturated carbocycles.